The molecule has 1 atom stereocenters. The molecule has 1 unspecified atom stereocenters. The Morgan fingerprint density at radius 3 is 3.06 bits per heavy atom. The van der Waals surface area contributed by atoms with Gasteiger partial charge in [0, 0.05) is 19.3 Å². The quantitative estimate of drug-likeness (QED) is 0.807. The Morgan fingerprint density at radius 2 is 2.44 bits per heavy atom. The lowest BCUT2D eigenvalue weighted by Crippen LogP contribution is -2.19. The maximum absolute atomic E-state index is 5.90. The molecule has 88 valence electrons. The number of nitrogens with one attached hydrogen (secondary N) is 1. The van der Waals surface area contributed by atoms with Crippen LogP contribution in [0.2, 0.25) is 0 Å². The summed E-state index contributed by atoms with van der Waals surface area (Å²) >= 11 is 0. The predicted molar refractivity (Wildman–Crippen MR) is 67.5 cm³/mol. The first kappa shape index (κ1) is 11.2. The molecule has 4 heteroatoms. The summed E-state index contributed by atoms with van der Waals surface area (Å²) < 4.78 is 0. The van der Waals surface area contributed by atoms with Crippen LogP contribution in [0.3, 0.4) is 0 Å². The lowest BCUT2D eigenvalue weighted by Gasteiger charge is -2.13. The molecule has 0 saturated carbocycles. The highest BCUT2D eigenvalue weighted by molar-refractivity contribution is 5.61. The number of nitrogen functional groups attached to an aromatic ring is 1. The Kier molecular flexibility index (Phi) is 3.29. The topological polar surface area (TPSA) is 54.2 Å². The summed E-state index contributed by atoms with van der Waals surface area (Å²) in [5.74, 6) is 1.53. The Labute approximate surface area is 96.8 Å². The fourth-order valence-corrected chi connectivity index (χ4v) is 2.17. The van der Waals surface area contributed by atoms with Crippen LogP contribution in [0.1, 0.15) is 12.0 Å². The average molecular weight is 220 g/mol. The van der Waals surface area contributed by atoms with Crippen molar-refractivity contribution in [2.75, 3.05) is 37.7 Å². The fourth-order valence-electron chi connectivity index (χ4n) is 2.17. The Balaban J connectivity index is 1.89. The number of nitrogens with zero attached hydrogens (tertiary/aromatic N) is 2. The molecule has 1 aliphatic heterocycles. The molecule has 1 aliphatic rings. The second kappa shape index (κ2) is 4.70. The van der Waals surface area contributed by atoms with Gasteiger partial charge in [-0.15, -0.1) is 0 Å². The monoisotopic (exact) mass is 220 g/mol. The van der Waals surface area contributed by atoms with Gasteiger partial charge >= 0.3 is 0 Å². The van der Waals surface area contributed by atoms with Crippen molar-refractivity contribution in [2.24, 2.45) is 5.92 Å². The van der Waals surface area contributed by atoms with E-state index in [2.05, 4.69) is 22.2 Å². The maximum Gasteiger partial charge on any atom is 0.149 e. The molecule has 0 amide bonds. The van der Waals surface area contributed by atoms with Crippen LogP contribution in [0.5, 0.6) is 0 Å². The van der Waals surface area contributed by atoms with E-state index in [0.29, 0.717) is 5.92 Å². The molecule has 16 heavy (non-hydrogen) atoms. The number of rotatable bonds is 3. The molecule has 0 radical (unpaired) electrons. The third-order valence-corrected chi connectivity index (χ3v) is 3.10. The fraction of sp³-hybridized carbons (Fsp3) is 0.583. The van der Waals surface area contributed by atoms with E-state index in [1.54, 1.807) is 0 Å². The second-order valence-corrected chi connectivity index (χ2v) is 4.75. The van der Waals surface area contributed by atoms with Crippen molar-refractivity contribution in [1.29, 1.82) is 0 Å². The first-order chi connectivity index (χ1) is 7.65. The van der Waals surface area contributed by atoms with Gasteiger partial charge in [-0.2, -0.15) is 0 Å². The summed E-state index contributed by atoms with van der Waals surface area (Å²) in [7, 11) is 2.17. The van der Waals surface area contributed by atoms with E-state index in [-0.39, 0.29) is 0 Å². The van der Waals surface area contributed by atoms with Crippen molar-refractivity contribution in [1.82, 2.24) is 9.88 Å². The van der Waals surface area contributed by atoms with Crippen LogP contribution in [0.15, 0.2) is 12.3 Å². The van der Waals surface area contributed by atoms with E-state index in [4.69, 9.17) is 5.73 Å². The highest BCUT2D eigenvalue weighted by Gasteiger charge is 2.19. The van der Waals surface area contributed by atoms with Crippen LogP contribution in [0.25, 0.3) is 0 Å². The minimum Gasteiger partial charge on any atom is -0.396 e. The Hall–Kier alpha value is -1.29. The number of pyridine rings is 1. The van der Waals surface area contributed by atoms with Crippen LogP contribution < -0.4 is 11.1 Å². The number of anilines is 2. The number of hydrogen-bond donors (Lipinski definition) is 2. The molecular formula is C12H20N4. The minimum absolute atomic E-state index is 0.715. The van der Waals surface area contributed by atoms with E-state index in [1.165, 1.54) is 19.5 Å². The molecule has 1 fully saturated rings. The van der Waals surface area contributed by atoms with Gasteiger partial charge in [0.05, 0.1) is 5.69 Å². The molecule has 4 nitrogen and oxygen atoms in total. The first-order valence-corrected chi connectivity index (χ1v) is 5.79. The van der Waals surface area contributed by atoms with E-state index >= 15 is 0 Å². The number of aryl methyl sites for hydroxylation is 1. The zero-order valence-corrected chi connectivity index (χ0v) is 10.0. The zero-order valence-electron chi connectivity index (χ0n) is 10.0. The van der Waals surface area contributed by atoms with Crippen LogP contribution in [-0.2, 0) is 0 Å². The number of nitrogens with two attached hydrogens (primary N) is 1. The second-order valence-electron chi connectivity index (χ2n) is 4.75. The van der Waals surface area contributed by atoms with Gasteiger partial charge in [-0.25, -0.2) is 4.98 Å². The molecule has 1 aromatic heterocycles. The smallest absolute Gasteiger partial charge is 0.149 e. The molecular weight excluding hydrogens is 200 g/mol. The normalized spacial score (nSPS) is 21.2. The maximum atomic E-state index is 5.90. The van der Waals surface area contributed by atoms with E-state index < -0.39 is 0 Å². The van der Waals surface area contributed by atoms with Crippen molar-refractivity contribution >= 4 is 11.5 Å². The van der Waals surface area contributed by atoms with Crippen molar-refractivity contribution in [3.8, 4) is 0 Å². The van der Waals surface area contributed by atoms with E-state index in [0.717, 1.165) is 23.6 Å². The van der Waals surface area contributed by atoms with Gasteiger partial charge in [0.1, 0.15) is 5.82 Å². The highest BCUT2D eigenvalue weighted by Crippen LogP contribution is 2.19. The molecule has 0 bridgehead atoms. The molecule has 0 spiro atoms. The van der Waals surface area contributed by atoms with Crippen LogP contribution >= 0.6 is 0 Å². The summed E-state index contributed by atoms with van der Waals surface area (Å²) in [5, 5.41) is 3.34. The molecule has 1 saturated heterocycles. The summed E-state index contributed by atoms with van der Waals surface area (Å²) in [6.07, 6.45) is 3.11. The summed E-state index contributed by atoms with van der Waals surface area (Å²) in [5.41, 5.74) is 7.74. The standard InChI is InChI=1S/C12H20N4/c1-9-5-11(13)12(14-6-9)15-7-10-3-4-16(2)8-10/h5-6,10H,3-4,7-8,13H2,1-2H3,(H,14,15). The average Bonchev–Trinajstić information content (AvgIpc) is 2.63. The summed E-state index contributed by atoms with van der Waals surface area (Å²) in [6, 6.07) is 1.95. The van der Waals surface area contributed by atoms with Crippen molar-refractivity contribution in [3.05, 3.63) is 17.8 Å². The third-order valence-electron chi connectivity index (χ3n) is 3.10. The van der Waals surface area contributed by atoms with Gasteiger partial charge in [-0.05, 0) is 44.5 Å². The van der Waals surface area contributed by atoms with Gasteiger partial charge in [-0.3, -0.25) is 0 Å². The molecule has 3 N–H and O–H groups in total. The number of aromatic nitrogens is 1. The lowest BCUT2D eigenvalue weighted by molar-refractivity contribution is 0.399. The van der Waals surface area contributed by atoms with Crippen LogP contribution in [0, 0.1) is 12.8 Å². The van der Waals surface area contributed by atoms with Crippen molar-refractivity contribution in [3.63, 3.8) is 0 Å². The molecule has 2 heterocycles. The highest BCUT2D eigenvalue weighted by atomic mass is 15.1. The van der Waals surface area contributed by atoms with Gasteiger partial charge in [-0.1, -0.05) is 0 Å². The SMILES string of the molecule is Cc1cnc(NCC2CCN(C)C2)c(N)c1. The van der Waals surface area contributed by atoms with Crippen LogP contribution in [-0.4, -0.2) is 36.6 Å². The van der Waals surface area contributed by atoms with Gasteiger partial charge in [0.25, 0.3) is 0 Å². The molecule has 0 aliphatic carbocycles. The predicted octanol–water partition coefficient (Wildman–Crippen LogP) is 1.34. The zero-order chi connectivity index (χ0) is 11.5. The van der Waals surface area contributed by atoms with E-state index in [1.807, 2.05) is 19.2 Å². The van der Waals surface area contributed by atoms with Gasteiger partial charge in [0.15, 0.2) is 0 Å². The van der Waals surface area contributed by atoms with Gasteiger partial charge in [0.2, 0.25) is 0 Å². The van der Waals surface area contributed by atoms with Gasteiger partial charge < -0.3 is 16.0 Å². The van der Waals surface area contributed by atoms with Crippen molar-refractivity contribution in [2.45, 2.75) is 13.3 Å². The lowest BCUT2D eigenvalue weighted by atomic mass is 10.1. The summed E-state index contributed by atoms with van der Waals surface area (Å²) in [6.45, 7) is 5.32. The van der Waals surface area contributed by atoms with E-state index in [9.17, 15) is 0 Å². The number of hydrogen-bond acceptors (Lipinski definition) is 4. The minimum atomic E-state index is 0.715. The van der Waals surface area contributed by atoms with Crippen LogP contribution in [0.4, 0.5) is 11.5 Å². The molecule has 1 aromatic rings. The Bertz CT molecular complexity index is 364. The van der Waals surface area contributed by atoms with Crippen molar-refractivity contribution < 1.29 is 0 Å². The number of likely N-dealkylation sites (tertiary alicyclic amines) is 1. The summed E-state index contributed by atoms with van der Waals surface area (Å²) in [4.78, 5) is 6.67. The molecule has 2 rings (SSSR count). The first-order valence-electron chi connectivity index (χ1n) is 5.79. The largest absolute Gasteiger partial charge is 0.396 e. The third kappa shape index (κ3) is 2.64. The Morgan fingerprint density at radius 1 is 1.62 bits per heavy atom. The molecule has 0 aromatic carbocycles.